The summed E-state index contributed by atoms with van der Waals surface area (Å²) < 4.78 is 67.6. The number of sulfonamides is 1. The summed E-state index contributed by atoms with van der Waals surface area (Å²) in [4.78, 5) is 16.4. The van der Waals surface area contributed by atoms with Gasteiger partial charge in [0, 0.05) is 50.5 Å². The highest BCUT2D eigenvalue weighted by Gasteiger charge is 2.29. The second kappa shape index (κ2) is 9.91. The summed E-state index contributed by atoms with van der Waals surface area (Å²) in [6.45, 7) is 4.59. The lowest BCUT2D eigenvalue weighted by atomic mass is 10.1. The maximum atomic E-state index is 14.0. The van der Waals surface area contributed by atoms with Crippen LogP contribution in [0.15, 0.2) is 36.4 Å². The Hall–Kier alpha value is -2.59. The first kappa shape index (κ1) is 24.1. The predicted octanol–water partition coefficient (Wildman–Crippen LogP) is 3.85. The highest BCUT2D eigenvalue weighted by Crippen LogP contribution is 2.21. The first-order chi connectivity index (χ1) is 15.1. The molecule has 1 heterocycles. The molecule has 0 unspecified atom stereocenters. The van der Waals surface area contributed by atoms with Crippen molar-refractivity contribution in [2.45, 2.75) is 32.9 Å². The van der Waals surface area contributed by atoms with E-state index >= 15 is 0 Å². The van der Waals surface area contributed by atoms with Crippen LogP contribution in [0.2, 0.25) is 0 Å². The van der Waals surface area contributed by atoms with Gasteiger partial charge in [0.1, 0.15) is 5.82 Å². The molecule has 176 valence electrons. The number of amides is 1. The number of hydrogen-bond donors (Lipinski definition) is 1. The summed E-state index contributed by atoms with van der Waals surface area (Å²) in [5, 5.41) is 0. The average Bonchev–Trinajstić information content (AvgIpc) is 2.74. The van der Waals surface area contributed by atoms with Crippen LogP contribution in [0.25, 0.3) is 0 Å². The fourth-order valence-corrected chi connectivity index (χ4v) is 4.90. The van der Waals surface area contributed by atoms with E-state index in [9.17, 15) is 26.4 Å². The van der Waals surface area contributed by atoms with Crippen LogP contribution in [-0.2, 0) is 16.6 Å². The van der Waals surface area contributed by atoms with Crippen molar-refractivity contribution in [1.82, 2.24) is 9.80 Å². The summed E-state index contributed by atoms with van der Waals surface area (Å²) in [6, 6.07) is 7.62. The van der Waals surface area contributed by atoms with Crippen molar-refractivity contribution in [3.8, 4) is 0 Å². The molecule has 32 heavy (non-hydrogen) atoms. The second-order valence-corrected chi connectivity index (χ2v) is 9.74. The van der Waals surface area contributed by atoms with E-state index in [0.717, 1.165) is 12.1 Å². The average molecular weight is 472 g/mol. The molecule has 1 saturated heterocycles. The van der Waals surface area contributed by atoms with Gasteiger partial charge in [-0.05, 0) is 49.7 Å². The zero-order valence-corrected chi connectivity index (χ0v) is 18.8. The number of piperazine rings is 1. The minimum absolute atomic E-state index is 0. The number of carbonyl (C=O) groups excluding carboxylic acids is 1. The van der Waals surface area contributed by atoms with Gasteiger partial charge < -0.3 is 4.90 Å². The lowest BCUT2D eigenvalue weighted by Gasteiger charge is -2.40. The minimum Gasteiger partial charge on any atom is -0.333 e. The summed E-state index contributed by atoms with van der Waals surface area (Å²) in [5.74, 6) is -3.29. The second-order valence-electron chi connectivity index (χ2n) is 7.90. The third-order valence-corrected chi connectivity index (χ3v) is 6.86. The molecule has 0 radical (unpaired) electrons. The fraction of sp³-hybridized carbons (Fsp3) is 0.409. The summed E-state index contributed by atoms with van der Waals surface area (Å²) in [5.41, 5.74) is 0.469. The highest BCUT2D eigenvalue weighted by molar-refractivity contribution is 7.92. The number of hydrogen-bond acceptors (Lipinski definition) is 4. The number of nitrogens with zero attached hydrogens (tertiary/aromatic N) is 2. The van der Waals surface area contributed by atoms with Gasteiger partial charge in [0.25, 0.3) is 5.91 Å². The Bertz CT molecular complexity index is 1080. The normalized spacial score (nSPS) is 17.4. The van der Waals surface area contributed by atoms with Crippen LogP contribution in [0.5, 0.6) is 0 Å². The molecule has 1 fully saturated rings. The van der Waals surface area contributed by atoms with Crippen LogP contribution >= 0.6 is 0 Å². The zero-order chi connectivity index (χ0) is 23.5. The summed E-state index contributed by atoms with van der Waals surface area (Å²) >= 11 is 0. The number of anilines is 1. The van der Waals surface area contributed by atoms with Crippen LogP contribution in [0.1, 0.15) is 37.6 Å². The Morgan fingerprint density at radius 3 is 2.38 bits per heavy atom. The highest BCUT2D eigenvalue weighted by atomic mass is 32.2. The van der Waals surface area contributed by atoms with Gasteiger partial charge in [0.15, 0.2) is 11.6 Å². The topological polar surface area (TPSA) is 69.7 Å². The van der Waals surface area contributed by atoms with E-state index < -0.39 is 27.5 Å². The number of halogens is 3. The Morgan fingerprint density at radius 2 is 1.75 bits per heavy atom. The molecule has 0 aromatic heterocycles. The van der Waals surface area contributed by atoms with Crippen LogP contribution in [0.4, 0.5) is 18.9 Å². The quantitative estimate of drug-likeness (QED) is 0.623. The first-order valence-corrected chi connectivity index (χ1v) is 12.0. The minimum atomic E-state index is -3.42. The molecular weight excluding hydrogens is 443 g/mol. The van der Waals surface area contributed by atoms with E-state index in [1.807, 2.05) is 6.92 Å². The molecule has 1 aliphatic rings. The van der Waals surface area contributed by atoms with Gasteiger partial charge in [-0.15, -0.1) is 0 Å². The molecule has 3 rings (SSSR count). The van der Waals surface area contributed by atoms with Crippen molar-refractivity contribution in [3.63, 3.8) is 0 Å². The molecule has 0 aliphatic carbocycles. The van der Waals surface area contributed by atoms with Crippen LogP contribution in [-0.4, -0.2) is 55.6 Å². The molecule has 1 aliphatic heterocycles. The Balaban J connectivity index is 0.00000385. The third-order valence-electron chi connectivity index (χ3n) is 5.37. The molecule has 1 amide bonds. The number of benzene rings is 2. The maximum absolute atomic E-state index is 14.0. The van der Waals surface area contributed by atoms with Crippen molar-refractivity contribution in [2.75, 3.05) is 30.1 Å². The van der Waals surface area contributed by atoms with E-state index in [-0.39, 0.29) is 31.2 Å². The van der Waals surface area contributed by atoms with Crippen molar-refractivity contribution in [3.05, 3.63) is 65.0 Å². The zero-order valence-electron chi connectivity index (χ0n) is 17.9. The molecule has 10 heteroatoms. The van der Waals surface area contributed by atoms with E-state index in [4.69, 9.17) is 0 Å². The van der Waals surface area contributed by atoms with Crippen LogP contribution in [0.3, 0.4) is 0 Å². The van der Waals surface area contributed by atoms with Crippen molar-refractivity contribution >= 4 is 21.6 Å². The predicted molar refractivity (Wildman–Crippen MR) is 118 cm³/mol. The summed E-state index contributed by atoms with van der Waals surface area (Å²) in [7, 11) is -3.42. The molecule has 0 bridgehead atoms. The standard InChI is InChI=1S/C22H26F3N3O3S.H2/c1-3-12-32(30,31)26-17-6-4-16(5-7-17)22(29)28-11-10-27(13-15(28)2)14-18-19(23)8-9-20(24)21(18)25;/h4-9,15,26H,3,10-14H2,1-2H3;1H/t15-;/m1./s1. The van der Waals surface area contributed by atoms with Gasteiger partial charge in [0.2, 0.25) is 10.0 Å². The maximum Gasteiger partial charge on any atom is 0.254 e. The van der Waals surface area contributed by atoms with Crippen LogP contribution in [0, 0.1) is 17.5 Å². The molecule has 2 aromatic carbocycles. The number of nitrogens with one attached hydrogen (secondary N) is 1. The third kappa shape index (κ3) is 5.60. The first-order valence-electron chi connectivity index (χ1n) is 10.4. The molecule has 1 atom stereocenters. The van der Waals surface area contributed by atoms with Crippen molar-refractivity contribution in [1.29, 1.82) is 0 Å². The Morgan fingerprint density at radius 1 is 1.09 bits per heavy atom. The van der Waals surface area contributed by atoms with Gasteiger partial charge in [-0.25, -0.2) is 21.6 Å². The Kier molecular flexibility index (Phi) is 7.45. The Labute approximate surface area is 187 Å². The van der Waals surface area contributed by atoms with Gasteiger partial charge in [-0.1, -0.05) is 6.92 Å². The van der Waals surface area contributed by atoms with E-state index in [0.29, 0.717) is 37.3 Å². The lowest BCUT2D eigenvalue weighted by Crippen LogP contribution is -2.53. The molecule has 0 spiro atoms. The van der Waals surface area contributed by atoms with Gasteiger partial charge in [0.05, 0.1) is 5.75 Å². The lowest BCUT2D eigenvalue weighted by molar-refractivity contribution is 0.0470. The van der Waals surface area contributed by atoms with E-state index in [1.165, 1.54) is 12.1 Å². The van der Waals surface area contributed by atoms with E-state index in [1.54, 1.807) is 28.9 Å². The molecule has 0 saturated carbocycles. The largest absolute Gasteiger partial charge is 0.333 e. The monoisotopic (exact) mass is 471 g/mol. The molecule has 1 N–H and O–H groups in total. The van der Waals surface area contributed by atoms with Gasteiger partial charge in [-0.3, -0.25) is 14.4 Å². The number of carbonyl (C=O) groups is 1. The smallest absolute Gasteiger partial charge is 0.254 e. The van der Waals surface area contributed by atoms with Crippen LogP contribution < -0.4 is 4.72 Å². The molecular formula is C22H28F3N3O3S. The van der Waals surface area contributed by atoms with Gasteiger partial charge >= 0.3 is 0 Å². The van der Waals surface area contributed by atoms with E-state index in [2.05, 4.69) is 4.72 Å². The van der Waals surface area contributed by atoms with Crippen molar-refractivity contribution < 1.29 is 27.8 Å². The van der Waals surface area contributed by atoms with Crippen molar-refractivity contribution in [2.24, 2.45) is 0 Å². The molecule has 6 nitrogen and oxygen atoms in total. The summed E-state index contributed by atoms with van der Waals surface area (Å²) in [6.07, 6.45) is 0.494. The number of rotatable bonds is 7. The SMILES string of the molecule is CCCS(=O)(=O)Nc1ccc(C(=O)N2CCN(Cc3c(F)ccc(F)c3F)C[C@H]2C)cc1.[HH]. The fourth-order valence-electron chi connectivity index (χ4n) is 3.76. The van der Waals surface area contributed by atoms with Gasteiger partial charge in [-0.2, -0.15) is 0 Å². The molecule has 2 aromatic rings.